The molecular weight excluding hydrogens is 336 g/mol. The van der Waals surface area contributed by atoms with Gasteiger partial charge in [0.25, 0.3) is 0 Å². The predicted molar refractivity (Wildman–Crippen MR) is 98.1 cm³/mol. The van der Waals surface area contributed by atoms with Crippen molar-refractivity contribution in [1.29, 1.82) is 0 Å². The van der Waals surface area contributed by atoms with Gasteiger partial charge in [0.15, 0.2) is 0 Å². The minimum atomic E-state index is -3.68. The largest absolute Gasteiger partial charge is 0.309 e. The summed E-state index contributed by atoms with van der Waals surface area (Å²) in [6.07, 6.45) is 0. The highest BCUT2D eigenvalue weighted by Gasteiger charge is 2.39. The number of carbonyl (C=O) groups is 1. The van der Waals surface area contributed by atoms with Crippen LogP contribution in [0.2, 0.25) is 0 Å². The van der Waals surface area contributed by atoms with Crippen LogP contribution in [0.3, 0.4) is 0 Å². The van der Waals surface area contributed by atoms with Crippen LogP contribution in [0.25, 0.3) is 0 Å². The molecule has 0 aliphatic carbocycles. The van der Waals surface area contributed by atoms with Crippen LogP contribution in [0.15, 0.2) is 53.4 Å². The third-order valence-electron chi connectivity index (χ3n) is 4.59. The van der Waals surface area contributed by atoms with Crippen LogP contribution in [-0.2, 0) is 14.8 Å². The second-order valence-electron chi connectivity index (χ2n) is 6.38. The van der Waals surface area contributed by atoms with Gasteiger partial charge in [-0.2, -0.15) is 4.31 Å². The van der Waals surface area contributed by atoms with Crippen molar-refractivity contribution < 1.29 is 13.2 Å². The Labute approximate surface area is 148 Å². The first-order valence-electron chi connectivity index (χ1n) is 8.28. The van der Waals surface area contributed by atoms with E-state index in [1.807, 2.05) is 32.0 Å². The zero-order valence-corrected chi connectivity index (χ0v) is 15.5. The normalized spacial score (nSPS) is 19.2. The van der Waals surface area contributed by atoms with E-state index in [9.17, 15) is 13.2 Å². The minimum Gasteiger partial charge on any atom is -0.309 e. The van der Waals surface area contributed by atoms with Gasteiger partial charge in [-0.15, -0.1) is 0 Å². The summed E-state index contributed by atoms with van der Waals surface area (Å²) < 4.78 is 27.0. The van der Waals surface area contributed by atoms with Crippen LogP contribution in [0.5, 0.6) is 0 Å². The number of carbonyl (C=O) groups excluding carboxylic acids is 1. The summed E-state index contributed by atoms with van der Waals surface area (Å²) in [5.41, 5.74) is 2.99. The van der Waals surface area contributed by atoms with E-state index in [-0.39, 0.29) is 17.3 Å². The smallest absolute Gasteiger partial charge is 0.245 e. The molecule has 5 nitrogen and oxygen atoms in total. The molecule has 1 unspecified atom stereocenters. The highest BCUT2D eigenvalue weighted by atomic mass is 32.2. The lowest BCUT2D eigenvalue weighted by Gasteiger charge is -2.38. The lowest BCUT2D eigenvalue weighted by molar-refractivity contribution is -0.123. The standard InChI is InChI=1S/C19H22N2O3S/c1-14-9-10-18(15(2)13-14)20-11-12-21(16(3)19(20)22)25(23,24)17-7-5-4-6-8-17/h4-10,13,16H,11-12H2,1-3H3. The molecule has 1 aliphatic rings. The Morgan fingerprint density at radius 1 is 1.00 bits per heavy atom. The number of benzene rings is 2. The molecule has 0 N–H and O–H groups in total. The van der Waals surface area contributed by atoms with Crippen molar-refractivity contribution in [3.8, 4) is 0 Å². The Bertz CT molecular complexity index is 894. The zero-order chi connectivity index (χ0) is 18.2. The van der Waals surface area contributed by atoms with Crippen molar-refractivity contribution in [3.63, 3.8) is 0 Å². The van der Waals surface area contributed by atoms with Crippen molar-refractivity contribution in [2.75, 3.05) is 18.0 Å². The molecule has 6 heteroatoms. The van der Waals surface area contributed by atoms with Crippen LogP contribution in [0.1, 0.15) is 18.1 Å². The fraction of sp³-hybridized carbons (Fsp3) is 0.316. The van der Waals surface area contributed by atoms with Gasteiger partial charge in [-0.25, -0.2) is 8.42 Å². The number of hydrogen-bond donors (Lipinski definition) is 0. The van der Waals surface area contributed by atoms with Gasteiger partial charge in [0.05, 0.1) is 4.90 Å². The Hall–Kier alpha value is -2.18. The highest BCUT2D eigenvalue weighted by Crippen LogP contribution is 2.27. The number of anilines is 1. The molecule has 1 saturated heterocycles. The Morgan fingerprint density at radius 3 is 2.32 bits per heavy atom. The highest BCUT2D eigenvalue weighted by molar-refractivity contribution is 7.89. The first-order valence-corrected chi connectivity index (χ1v) is 9.72. The van der Waals surface area contributed by atoms with Crippen LogP contribution in [0.4, 0.5) is 5.69 Å². The van der Waals surface area contributed by atoms with Gasteiger partial charge in [0.1, 0.15) is 6.04 Å². The maximum atomic E-state index is 12.9. The van der Waals surface area contributed by atoms with E-state index in [0.717, 1.165) is 16.8 Å². The van der Waals surface area contributed by atoms with Crippen molar-refractivity contribution in [1.82, 2.24) is 4.31 Å². The molecule has 1 atom stereocenters. The molecular formula is C19H22N2O3S. The van der Waals surface area contributed by atoms with Crippen molar-refractivity contribution in [2.45, 2.75) is 31.7 Å². The van der Waals surface area contributed by atoms with E-state index >= 15 is 0 Å². The van der Waals surface area contributed by atoms with E-state index < -0.39 is 16.1 Å². The monoisotopic (exact) mass is 358 g/mol. The molecule has 0 saturated carbocycles. The Kier molecular flexibility index (Phi) is 4.67. The summed E-state index contributed by atoms with van der Waals surface area (Å²) in [6, 6.07) is 13.4. The van der Waals surface area contributed by atoms with Gasteiger partial charge in [-0.1, -0.05) is 35.9 Å². The first kappa shape index (κ1) is 17.6. The molecule has 0 radical (unpaired) electrons. The molecule has 0 spiro atoms. The number of hydrogen-bond acceptors (Lipinski definition) is 3. The molecule has 0 bridgehead atoms. The van der Waals surface area contributed by atoms with Crippen LogP contribution in [-0.4, -0.2) is 37.8 Å². The van der Waals surface area contributed by atoms with E-state index in [4.69, 9.17) is 0 Å². The quantitative estimate of drug-likeness (QED) is 0.848. The number of aryl methyl sites for hydroxylation is 2. The lowest BCUT2D eigenvalue weighted by atomic mass is 10.1. The Balaban J connectivity index is 1.89. The van der Waals surface area contributed by atoms with E-state index in [2.05, 4.69) is 0 Å². The topological polar surface area (TPSA) is 57.7 Å². The van der Waals surface area contributed by atoms with Crippen LogP contribution < -0.4 is 4.90 Å². The van der Waals surface area contributed by atoms with E-state index in [1.54, 1.807) is 42.2 Å². The fourth-order valence-electron chi connectivity index (χ4n) is 3.25. The molecule has 1 amide bonds. The zero-order valence-electron chi connectivity index (χ0n) is 14.6. The summed E-state index contributed by atoms with van der Waals surface area (Å²) in [4.78, 5) is 14.8. The third kappa shape index (κ3) is 3.19. The summed E-state index contributed by atoms with van der Waals surface area (Å²) in [6.45, 7) is 6.24. The molecule has 1 heterocycles. The second kappa shape index (κ2) is 6.61. The van der Waals surface area contributed by atoms with Crippen LogP contribution >= 0.6 is 0 Å². The third-order valence-corrected chi connectivity index (χ3v) is 6.58. The fourth-order valence-corrected chi connectivity index (χ4v) is 4.86. The molecule has 1 fully saturated rings. The van der Waals surface area contributed by atoms with Gasteiger partial charge in [-0.05, 0) is 44.5 Å². The predicted octanol–water partition coefficient (Wildman–Crippen LogP) is 2.73. The van der Waals surface area contributed by atoms with Crippen molar-refractivity contribution in [3.05, 3.63) is 59.7 Å². The summed E-state index contributed by atoms with van der Waals surface area (Å²) in [7, 11) is -3.68. The summed E-state index contributed by atoms with van der Waals surface area (Å²) in [5, 5.41) is 0. The van der Waals surface area contributed by atoms with Crippen molar-refractivity contribution in [2.24, 2.45) is 0 Å². The number of piperazine rings is 1. The van der Waals surface area contributed by atoms with Crippen LogP contribution in [0, 0.1) is 13.8 Å². The number of amides is 1. The van der Waals surface area contributed by atoms with Gasteiger partial charge in [0, 0.05) is 18.8 Å². The molecule has 0 aromatic heterocycles. The summed E-state index contributed by atoms with van der Waals surface area (Å²) in [5.74, 6) is -0.197. The molecule has 1 aliphatic heterocycles. The number of sulfonamides is 1. The molecule has 25 heavy (non-hydrogen) atoms. The number of rotatable bonds is 3. The maximum Gasteiger partial charge on any atom is 0.245 e. The molecule has 3 rings (SSSR count). The van der Waals surface area contributed by atoms with Gasteiger partial charge in [-0.3, -0.25) is 4.79 Å². The minimum absolute atomic E-state index is 0.197. The Morgan fingerprint density at radius 2 is 1.68 bits per heavy atom. The van der Waals surface area contributed by atoms with Crippen molar-refractivity contribution >= 4 is 21.6 Å². The average Bonchev–Trinajstić information content (AvgIpc) is 2.58. The van der Waals surface area contributed by atoms with E-state index in [1.165, 1.54) is 4.31 Å². The molecule has 2 aromatic rings. The molecule has 2 aromatic carbocycles. The maximum absolute atomic E-state index is 12.9. The average molecular weight is 358 g/mol. The molecule has 132 valence electrons. The number of nitrogens with zero attached hydrogens (tertiary/aromatic N) is 2. The second-order valence-corrected chi connectivity index (χ2v) is 8.28. The van der Waals surface area contributed by atoms with Gasteiger partial charge in [0.2, 0.25) is 15.9 Å². The van der Waals surface area contributed by atoms with Gasteiger partial charge >= 0.3 is 0 Å². The summed E-state index contributed by atoms with van der Waals surface area (Å²) >= 11 is 0. The lowest BCUT2D eigenvalue weighted by Crippen LogP contribution is -2.57. The van der Waals surface area contributed by atoms with Gasteiger partial charge < -0.3 is 4.90 Å². The van der Waals surface area contributed by atoms with E-state index in [0.29, 0.717) is 6.54 Å². The first-order chi connectivity index (χ1) is 11.8. The SMILES string of the molecule is Cc1ccc(N2CCN(S(=O)(=O)c3ccccc3)C(C)C2=O)c(C)c1.